The molecule has 1 unspecified atom stereocenters. The summed E-state index contributed by atoms with van der Waals surface area (Å²) in [5.41, 5.74) is 4.70. The molecule has 228 valence electrons. The molecule has 1 heterocycles. The van der Waals surface area contributed by atoms with Crippen LogP contribution in [-0.4, -0.2) is 36.0 Å². The lowest BCUT2D eigenvalue weighted by Crippen LogP contribution is -2.21. The number of methoxy groups -OCH3 is 1. The number of carbonyl (C=O) groups is 4. The molecule has 5 aromatic rings. The molecule has 1 aromatic heterocycles. The lowest BCUT2D eigenvalue weighted by Gasteiger charge is -2.16. The minimum atomic E-state index is -1.03. The van der Waals surface area contributed by atoms with Crippen molar-refractivity contribution in [2.75, 3.05) is 17.7 Å². The third-order valence-corrected chi connectivity index (χ3v) is 8.88. The summed E-state index contributed by atoms with van der Waals surface area (Å²) in [4.78, 5) is 50.8. The van der Waals surface area contributed by atoms with Crippen LogP contribution in [-0.2, 0) is 9.53 Å². The summed E-state index contributed by atoms with van der Waals surface area (Å²) >= 11 is 1.34. The van der Waals surface area contributed by atoms with Crippen molar-refractivity contribution in [1.82, 2.24) is 0 Å². The summed E-state index contributed by atoms with van der Waals surface area (Å²) in [6.07, 6.45) is 6.36. The van der Waals surface area contributed by atoms with E-state index < -0.39 is 5.97 Å². The number of hydrogen-bond acceptors (Lipinski definition) is 6. The number of nitrogens with one attached hydrogen (secondary N) is 2. The maximum atomic E-state index is 13.1. The summed E-state index contributed by atoms with van der Waals surface area (Å²) < 4.78 is 4.75. The number of anilines is 2. The van der Waals surface area contributed by atoms with Gasteiger partial charge >= 0.3 is 11.9 Å². The highest BCUT2D eigenvalue weighted by Crippen LogP contribution is 2.32. The third-order valence-electron chi connectivity index (χ3n) is 7.75. The molecule has 8 nitrogen and oxygen atoms in total. The Balaban J connectivity index is 1.07. The third kappa shape index (κ3) is 6.36. The Morgan fingerprint density at radius 1 is 0.804 bits per heavy atom. The van der Waals surface area contributed by atoms with Gasteiger partial charge in [0.1, 0.15) is 0 Å². The molecule has 6 rings (SSSR count). The number of carbonyl (C=O) groups excluding carboxylic acids is 3. The van der Waals surface area contributed by atoms with Gasteiger partial charge in [-0.25, -0.2) is 9.59 Å². The van der Waals surface area contributed by atoms with Crippen LogP contribution in [0.5, 0.6) is 0 Å². The monoisotopic (exact) mass is 628 g/mol. The quantitative estimate of drug-likeness (QED) is 0.150. The molecule has 0 fully saturated rings. The van der Waals surface area contributed by atoms with Crippen LogP contribution in [0.3, 0.4) is 0 Å². The molecular formula is C37H28N2O6S. The first-order chi connectivity index (χ1) is 22.3. The van der Waals surface area contributed by atoms with Gasteiger partial charge in [-0.3, -0.25) is 9.59 Å². The number of allylic oxidation sites excluding steroid dienone is 3. The average molecular weight is 629 g/mol. The van der Waals surface area contributed by atoms with Crippen LogP contribution in [0.4, 0.5) is 11.4 Å². The number of esters is 1. The van der Waals surface area contributed by atoms with Crippen LogP contribution < -0.4 is 10.6 Å². The van der Waals surface area contributed by atoms with Crippen LogP contribution in [0.1, 0.15) is 42.4 Å². The van der Waals surface area contributed by atoms with E-state index in [1.165, 1.54) is 24.5 Å². The second-order valence-corrected chi connectivity index (χ2v) is 11.7. The van der Waals surface area contributed by atoms with Crippen LogP contribution in [0.2, 0.25) is 0 Å². The lowest BCUT2D eigenvalue weighted by molar-refractivity contribution is -0.118. The van der Waals surface area contributed by atoms with Crippen LogP contribution in [0, 0.1) is 5.92 Å². The van der Waals surface area contributed by atoms with Crippen molar-refractivity contribution in [3.05, 3.63) is 137 Å². The Hall–Kier alpha value is -5.80. The summed E-state index contributed by atoms with van der Waals surface area (Å²) in [5, 5.41) is 16.6. The largest absolute Gasteiger partial charge is 0.478 e. The molecule has 4 aromatic carbocycles. The van der Waals surface area contributed by atoms with E-state index in [1.54, 1.807) is 48.5 Å². The van der Waals surface area contributed by atoms with Crippen molar-refractivity contribution in [1.29, 1.82) is 0 Å². The van der Waals surface area contributed by atoms with E-state index in [-0.39, 0.29) is 29.3 Å². The van der Waals surface area contributed by atoms with E-state index in [4.69, 9.17) is 4.74 Å². The van der Waals surface area contributed by atoms with Gasteiger partial charge in [0, 0.05) is 21.6 Å². The first-order valence-electron chi connectivity index (χ1n) is 14.5. The van der Waals surface area contributed by atoms with E-state index in [0.717, 1.165) is 21.6 Å². The molecule has 1 aliphatic rings. The number of aromatic carboxylic acids is 1. The molecule has 1 aliphatic carbocycles. The predicted molar refractivity (Wildman–Crippen MR) is 180 cm³/mol. The highest BCUT2D eigenvalue weighted by molar-refractivity contribution is 7.17. The number of benzene rings is 4. The van der Waals surface area contributed by atoms with Crippen molar-refractivity contribution in [3.63, 3.8) is 0 Å². The number of hydrogen-bond donors (Lipinski definition) is 3. The highest BCUT2D eigenvalue weighted by atomic mass is 32.1. The number of rotatable bonds is 8. The number of fused-ring (bicyclic) bond motifs is 1. The molecule has 0 saturated heterocycles. The fraction of sp³-hybridized carbons (Fsp3) is 0.0811. The van der Waals surface area contributed by atoms with Gasteiger partial charge in [-0.05, 0) is 77.0 Å². The van der Waals surface area contributed by atoms with Gasteiger partial charge in [0.2, 0.25) is 5.91 Å². The van der Waals surface area contributed by atoms with Gasteiger partial charge < -0.3 is 20.5 Å². The number of thiophene rings is 1. The Kier molecular flexibility index (Phi) is 8.58. The standard InChI is InChI=1S/C37H28N2O6S/c1-45-37(44)26-12-8-23(9-13-26)22-6-10-25(11-7-22)34(40)38-27-16-14-24(15-17-27)32-20-21-33(46-32)35(41)39-31-19-18-30(36(42)43)28-4-2-3-5-29(28)31/h2-10,12-21,25H,11H2,1H3,(H,38,40)(H,39,41)(H,42,43). The van der Waals surface area contributed by atoms with Crippen molar-refractivity contribution in [2.45, 2.75) is 6.42 Å². The SMILES string of the molecule is COC(=O)c1ccc(C2=CCC(C(=O)Nc3ccc(-c4ccc(C(=O)Nc5ccc(C(=O)O)c6ccccc56)s4)cc3)C=C2)cc1. The van der Waals surface area contributed by atoms with Crippen LogP contribution in [0.15, 0.2) is 115 Å². The Morgan fingerprint density at radius 3 is 2.20 bits per heavy atom. The molecule has 3 N–H and O–H groups in total. The van der Waals surface area contributed by atoms with Crippen molar-refractivity contribution in [3.8, 4) is 10.4 Å². The minimum absolute atomic E-state index is 0.112. The predicted octanol–water partition coefficient (Wildman–Crippen LogP) is 7.90. The van der Waals surface area contributed by atoms with Crippen LogP contribution in [0.25, 0.3) is 26.8 Å². The van der Waals surface area contributed by atoms with Gasteiger partial charge in [-0.15, -0.1) is 11.3 Å². The molecule has 0 aliphatic heterocycles. The van der Waals surface area contributed by atoms with Crippen molar-refractivity contribution >= 4 is 62.8 Å². The van der Waals surface area contributed by atoms with Gasteiger partial charge in [0.25, 0.3) is 5.91 Å². The molecule has 1 atom stereocenters. The molecule has 9 heteroatoms. The first kappa shape index (κ1) is 30.2. The van der Waals surface area contributed by atoms with E-state index in [2.05, 4.69) is 10.6 Å². The van der Waals surface area contributed by atoms with Crippen LogP contribution >= 0.6 is 11.3 Å². The zero-order valence-corrected chi connectivity index (χ0v) is 25.5. The molecule has 46 heavy (non-hydrogen) atoms. The Labute approximate surface area is 268 Å². The van der Waals surface area contributed by atoms with E-state index >= 15 is 0 Å². The Bertz CT molecular complexity index is 2040. The highest BCUT2D eigenvalue weighted by Gasteiger charge is 2.19. The maximum Gasteiger partial charge on any atom is 0.337 e. The molecular weight excluding hydrogens is 600 g/mol. The molecule has 2 amide bonds. The van der Waals surface area contributed by atoms with E-state index in [0.29, 0.717) is 39.0 Å². The van der Waals surface area contributed by atoms with Gasteiger partial charge in [-0.1, -0.05) is 66.8 Å². The summed E-state index contributed by atoms with van der Waals surface area (Å²) in [6.45, 7) is 0. The smallest absolute Gasteiger partial charge is 0.337 e. The van der Waals surface area contributed by atoms with E-state index in [9.17, 15) is 24.3 Å². The number of carboxylic acid groups (broad SMARTS) is 1. The molecule has 0 radical (unpaired) electrons. The Morgan fingerprint density at radius 2 is 1.52 bits per heavy atom. The summed E-state index contributed by atoms with van der Waals surface area (Å²) in [7, 11) is 1.35. The van der Waals surface area contributed by atoms with Gasteiger partial charge in [0.15, 0.2) is 0 Å². The second-order valence-electron chi connectivity index (χ2n) is 10.6. The first-order valence-corrected chi connectivity index (χ1v) is 15.3. The second kappa shape index (κ2) is 13.1. The number of amides is 2. The minimum Gasteiger partial charge on any atom is -0.478 e. The summed E-state index contributed by atoms with van der Waals surface area (Å²) in [6, 6.07) is 28.4. The number of carboxylic acids is 1. The maximum absolute atomic E-state index is 13.1. The molecule has 0 spiro atoms. The van der Waals surface area contributed by atoms with Gasteiger partial charge in [0.05, 0.1) is 29.0 Å². The normalized spacial score (nSPS) is 13.9. The zero-order valence-electron chi connectivity index (χ0n) is 24.7. The van der Waals surface area contributed by atoms with Crippen molar-refractivity contribution in [2.24, 2.45) is 5.92 Å². The fourth-order valence-corrected chi connectivity index (χ4v) is 6.20. The topological polar surface area (TPSA) is 122 Å². The fourth-order valence-electron chi connectivity index (χ4n) is 5.29. The average Bonchev–Trinajstić information content (AvgIpc) is 3.59. The molecule has 0 saturated carbocycles. The lowest BCUT2D eigenvalue weighted by atomic mass is 9.92. The van der Waals surface area contributed by atoms with Crippen molar-refractivity contribution < 1.29 is 29.0 Å². The zero-order chi connectivity index (χ0) is 32.2. The van der Waals surface area contributed by atoms with Gasteiger partial charge in [-0.2, -0.15) is 0 Å². The van der Waals surface area contributed by atoms with E-state index in [1.807, 2.05) is 60.7 Å². The number of ether oxygens (including phenoxy) is 1. The molecule has 0 bridgehead atoms. The summed E-state index contributed by atoms with van der Waals surface area (Å²) in [5.74, 6) is -2.12.